The molecule has 178 valence electrons. The Balaban J connectivity index is 1.58. The van der Waals surface area contributed by atoms with Crippen molar-refractivity contribution >= 4 is 21.6 Å². The van der Waals surface area contributed by atoms with Crippen LogP contribution in [0.3, 0.4) is 0 Å². The predicted octanol–water partition coefficient (Wildman–Crippen LogP) is 4.59. The largest absolute Gasteiger partial charge is 0.476 e. The molecule has 34 heavy (non-hydrogen) atoms. The van der Waals surface area contributed by atoms with E-state index < -0.39 is 16.1 Å². The minimum atomic E-state index is -3.74. The first-order valence-corrected chi connectivity index (χ1v) is 12.9. The monoisotopic (exact) mass is 478 g/mol. The van der Waals surface area contributed by atoms with Gasteiger partial charge in [0, 0.05) is 0 Å². The minimum Gasteiger partial charge on any atom is -0.476 e. The topological polar surface area (TPSA) is 75.7 Å². The molecule has 6 nitrogen and oxygen atoms in total. The summed E-state index contributed by atoms with van der Waals surface area (Å²) < 4.78 is 34.0. The van der Waals surface area contributed by atoms with E-state index in [4.69, 9.17) is 4.74 Å². The molecule has 0 radical (unpaired) electrons. The fourth-order valence-electron chi connectivity index (χ4n) is 4.30. The summed E-state index contributed by atoms with van der Waals surface area (Å²) in [6.45, 7) is 7.97. The third kappa shape index (κ3) is 4.94. The maximum atomic E-state index is 13.4. The molecule has 7 heteroatoms. The van der Waals surface area contributed by atoms with Crippen LogP contribution in [0.15, 0.2) is 66.7 Å². The van der Waals surface area contributed by atoms with Crippen LogP contribution in [0.2, 0.25) is 0 Å². The smallest absolute Gasteiger partial charge is 0.263 e. The van der Waals surface area contributed by atoms with Gasteiger partial charge in [-0.1, -0.05) is 54.6 Å². The zero-order valence-corrected chi connectivity index (χ0v) is 20.7. The van der Waals surface area contributed by atoms with E-state index in [1.165, 1.54) is 9.87 Å². The Kier molecular flexibility index (Phi) is 6.66. The number of ether oxygens (including phenoxy) is 1. The molecule has 0 aromatic heterocycles. The van der Waals surface area contributed by atoms with Crippen LogP contribution in [0.25, 0.3) is 0 Å². The summed E-state index contributed by atoms with van der Waals surface area (Å²) in [5.41, 5.74) is 5.61. The number of para-hydroxylation sites is 2. The van der Waals surface area contributed by atoms with Gasteiger partial charge in [0.2, 0.25) is 10.0 Å². The molecule has 1 aliphatic rings. The highest BCUT2D eigenvalue weighted by molar-refractivity contribution is 7.92. The highest BCUT2D eigenvalue weighted by Crippen LogP contribution is 2.36. The highest BCUT2D eigenvalue weighted by Gasteiger charge is 2.37. The van der Waals surface area contributed by atoms with E-state index in [0.29, 0.717) is 17.0 Å². The van der Waals surface area contributed by atoms with Gasteiger partial charge < -0.3 is 10.1 Å². The lowest BCUT2D eigenvalue weighted by molar-refractivity contribution is -0.128. The van der Waals surface area contributed by atoms with Crippen LogP contribution in [0.4, 0.5) is 5.69 Å². The maximum absolute atomic E-state index is 13.4. The van der Waals surface area contributed by atoms with Crippen LogP contribution in [0.5, 0.6) is 5.75 Å². The van der Waals surface area contributed by atoms with Gasteiger partial charge in [0.15, 0.2) is 6.10 Å². The third-order valence-electron chi connectivity index (χ3n) is 6.26. The molecule has 0 unspecified atom stereocenters. The number of anilines is 1. The molecule has 1 N–H and O–H groups in total. The summed E-state index contributed by atoms with van der Waals surface area (Å²) in [7, 11) is -3.74. The lowest BCUT2D eigenvalue weighted by Gasteiger charge is -2.35. The number of carbonyl (C=O) groups is 1. The molecule has 0 bridgehead atoms. The van der Waals surface area contributed by atoms with Crippen LogP contribution in [-0.4, -0.2) is 27.0 Å². The van der Waals surface area contributed by atoms with Gasteiger partial charge in [-0.25, -0.2) is 8.42 Å². The molecule has 3 aromatic rings. The minimum absolute atomic E-state index is 0.0867. The van der Waals surface area contributed by atoms with Crippen LogP contribution >= 0.6 is 0 Å². The van der Waals surface area contributed by atoms with Gasteiger partial charge in [-0.15, -0.1) is 0 Å². The average molecular weight is 479 g/mol. The highest BCUT2D eigenvalue weighted by atomic mass is 32.2. The molecule has 2 atom stereocenters. The fraction of sp³-hybridized carbons (Fsp3) is 0.296. The Hall–Kier alpha value is -3.32. The molecule has 0 spiro atoms. The Bertz CT molecular complexity index is 1310. The standard InChI is InChI=1S/C27H30N2O4S/c1-18-14-20(3)23(15-19(18)2)21(4)28-27(30)26-16-29(24-12-8-9-13-25(24)33-26)34(31,32)17-22-10-6-5-7-11-22/h5-15,21,26H,16-17H2,1-4H3,(H,28,30)/t21-,26-/m1/s1. The van der Waals surface area contributed by atoms with E-state index in [1.54, 1.807) is 36.4 Å². The van der Waals surface area contributed by atoms with Crippen molar-refractivity contribution in [2.45, 2.75) is 45.6 Å². The lowest BCUT2D eigenvalue weighted by Crippen LogP contribution is -2.51. The van der Waals surface area contributed by atoms with E-state index >= 15 is 0 Å². The number of nitrogens with zero attached hydrogens (tertiary/aromatic N) is 1. The molecule has 1 heterocycles. The summed E-state index contributed by atoms with van der Waals surface area (Å²) in [5.74, 6) is -0.130. The average Bonchev–Trinajstić information content (AvgIpc) is 2.80. The number of nitrogens with one attached hydrogen (secondary N) is 1. The van der Waals surface area contributed by atoms with Crippen molar-refractivity contribution in [1.82, 2.24) is 5.32 Å². The Morgan fingerprint density at radius 3 is 2.38 bits per heavy atom. The van der Waals surface area contributed by atoms with E-state index in [9.17, 15) is 13.2 Å². The van der Waals surface area contributed by atoms with Gasteiger partial charge in [-0.05, 0) is 67.6 Å². The quantitative estimate of drug-likeness (QED) is 0.562. The van der Waals surface area contributed by atoms with Gasteiger partial charge in [0.05, 0.1) is 24.0 Å². The molecule has 1 amide bonds. The lowest BCUT2D eigenvalue weighted by atomic mass is 9.96. The molecule has 1 aliphatic heterocycles. The molecule has 0 saturated carbocycles. The molecular formula is C27H30N2O4S. The van der Waals surface area contributed by atoms with Gasteiger partial charge in [0.1, 0.15) is 5.75 Å². The number of aryl methyl sites for hydroxylation is 3. The van der Waals surface area contributed by atoms with Crippen molar-refractivity contribution in [2.75, 3.05) is 10.8 Å². The van der Waals surface area contributed by atoms with Gasteiger partial charge in [0.25, 0.3) is 5.91 Å². The molecule has 4 rings (SSSR count). The second-order valence-corrected chi connectivity index (χ2v) is 10.8. The summed E-state index contributed by atoms with van der Waals surface area (Å²) in [5, 5.41) is 3.02. The number of sulfonamides is 1. The first-order valence-electron chi connectivity index (χ1n) is 11.3. The summed E-state index contributed by atoms with van der Waals surface area (Å²) in [6, 6.07) is 19.9. The number of amides is 1. The van der Waals surface area contributed by atoms with E-state index in [1.807, 2.05) is 39.0 Å². The number of carbonyl (C=O) groups excluding carboxylic acids is 1. The summed E-state index contributed by atoms with van der Waals surface area (Å²) in [4.78, 5) is 13.2. The van der Waals surface area contributed by atoms with Crippen molar-refractivity contribution < 1.29 is 17.9 Å². The second-order valence-electron chi connectivity index (χ2n) is 8.87. The second kappa shape index (κ2) is 9.50. The van der Waals surface area contributed by atoms with E-state index in [-0.39, 0.29) is 24.2 Å². The van der Waals surface area contributed by atoms with Gasteiger partial charge >= 0.3 is 0 Å². The van der Waals surface area contributed by atoms with Crippen LogP contribution in [0, 0.1) is 20.8 Å². The Labute approximate surface area is 201 Å². The van der Waals surface area contributed by atoms with Crippen molar-refractivity contribution in [3.05, 3.63) is 94.5 Å². The summed E-state index contributed by atoms with van der Waals surface area (Å²) >= 11 is 0. The zero-order valence-electron chi connectivity index (χ0n) is 19.9. The summed E-state index contributed by atoms with van der Waals surface area (Å²) in [6.07, 6.45) is -0.963. The Morgan fingerprint density at radius 2 is 1.65 bits per heavy atom. The fourth-order valence-corrected chi connectivity index (χ4v) is 5.88. The van der Waals surface area contributed by atoms with Crippen LogP contribution < -0.4 is 14.4 Å². The SMILES string of the molecule is Cc1cc(C)c([C@@H](C)NC(=O)[C@H]2CN(S(=O)(=O)Cc3ccccc3)c3ccccc3O2)cc1C. The molecule has 0 saturated heterocycles. The maximum Gasteiger partial charge on any atom is 0.263 e. The van der Waals surface area contributed by atoms with Crippen LogP contribution in [-0.2, 0) is 20.6 Å². The van der Waals surface area contributed by atoms with Gasteiger partial charge in [-0.2, -0.15) is 0 Å². The van der Waals surface area contributed by atoms with Crippen molar-refractivity contribution in [1.29, 1.82) is 0 Å². The normalized spacial score (nSPS) is 16.4. The van der Waals surface area contributed by atoms with E-state index in [2.05, 4.69) is 24.4 Å². The first-order chi connectivity index (χ1) is 16.2. The van der Waals surface area contributed by atoms with Gasteiger partial charge in [-0.3, -0.25) is 9.10 Å². The Morgan fingerprint density at radius 1 is 1.00 bits per heavy atom. The third-order valence-corrected chi connectivity index (χ3v) is 7.98. The number of hydrogen-bond donors (Lipinski definition) is 1. The van der Waals surface area contributed by atoms with Crippen molar-refractivity contribution in [3.8, 4) is 5.75 Å². The number of hydrogen-bond acceptors (Lipinski definition) is 4. The molecule has 0 aliphatic carbocycles. The number of benzene rings is 3. The van der Waals surface area contributed by atoms with Crippen molar-refractivity contribution in [3.63, 3.8) is 0 Å². The first kappa shape index (κ1) is 23.8. The molecular weight excluding hydrogens is 448 g/mol. The molecule has 3 aromatic carbocycles. The van der Waals surface area contributed by atoms with Crippen molar-refractivity contribution in [2.24, 2.45) is 0 Å². The number of rotatable bonds is 6. The zero-order chi connectivity index (χ0) is 24.5. The molecule has 0 fully saturated rings. The van der Waals surface area contributed by atoms with E-state index in [0.717, 1.165) is 16.7 Å². The van der Waals surface area contributed by atoms with Crippen LogP contribution in [0.1, 0.15) is 40.8 Å². The predicted molar refractivity (Wildman–Crippen MR) is 134 cm³/mol. The number of fused-ring (bicyclic) bond motifs is 1.